The summed E-state index contributed by atoms with van der Waals surface area (Å²) >= 11 is 7.75. The lowest BCUT2D eigenvalue weighted by molar-refractivity contribution is 0.0943. The van der Waals surface area contributed by atoms with Gasteiger partial charge in [0.1, 0.15) is 11.0 Å². The van der Waals surface area contributed by atoms with Crippen molar-refractivity contribution in [1.82, 2.24) is 15.3 Å². The van der Waals surface area contributed by atoms with Crippen molar-refractivity contribution in [3.05, 3.63) is 118 Å². The van der Waals surface area contributed by atoms with Crippen LogP contribution in [0.5, 0.6) is 0 Å². The second-order valence-electron chi connectivity index (χ2n) is 8.47. The Morgan fingerprint density at radius 3 is 2.25 bits per heavy atom. The van der Waals surface area contributed by atoms with E-state index in [1.807, 2.05) is 92.0 Å². The molecule has 36 heavy (non-hydrogen) atoms. The molecule has 0 atom stereocenters. The summed E-state index contributed by atoms with van der Waals surface area (Å²) in [6, 6.07) is 29.2. The van der Waals surface area contributed by atoms with E-state index in [9.17, 15) is 4.79 Å². The number of amides is 1. The van der Waals surface area contributed by atoms with E-state index in [-0.39, 0.29) is 11.9 Å². The fourth-order valence-corrected chi connectivity index (χ4v) is 4.93. The average molecular weight is 517 g/mol. The lowest BCUT2D eigenvalue weighted by Crippen LogP contribution is -2.29. The van der Waals surface area contributed by atoms with Crippen LogP contribution in [0.25, 0.3) is 0 Å². The predicted octanol–water partition coefficient (Wildman–Crippen LogP) is 6.79. The molecule has 5 nitrogen and oxygen atoms in total. The number of nitrogens with one attached hydrogen (secondary N) is 1. The Balaban J connectivity index is 1.48. The molecule has 1 aromatic heterocycles. The maximum Gasteiger partial charge on any atom is 0.252 e. The summed E-state index contributed by atoms with van der Waals surface area (Å²) in [6.45, 7) is 3.02. The number of anilines is 1. The van der Waals surface area contributed by atoms with E-state index in [2.05, 4.69) is 27.1 Å². The van der Waals surface area contributed by atoms with E-state index in [1.54, 1.807) is 6.07 Å². The molecule has 0 aliphatic heterocycles. The van der Waals surface area contributed by atoms with E-state index in [0.717, 1.165) is 35.5 Å². The molecule has 0 spiro atoms. The van der Waals surface area contributed by atoms with Crippen molar-refractivity contribution in [1.29, 1.82) is 0 Å². The van der Waals surface area contributed by atoms with Crippen molar-refractivity contribution in [3.63, 3.8) is 0 Å². The Morgan fingerprint density at radius 1 is 0.944 bits per heavy atom. The minimum atomic E-state index is -0.240. The van der Waals surface area contributed by atoms with Gasteiger partial charge in [-0.15, -0.1) is 0 Å². The molecular formula is C29H29ClN4OS. The predicted molar refractivity (Wildman–Crippen MR) is 149 cm³/mol. The first-order chi connectivity index (χ1) is 17.5. The van der Waals surface area contributed by atoms with Gasteiger partial charge in [-0.25, -0.2) is 9.97 Å². The number of rotatable bonds is 10. The zero-order chi connectivity index (χ0) is 25.3. The molecule has 7 heteroatoms. The standard InChI is InChI=1S/C29H29ClN4OS/c1-3-17-34(2)26-19-25(30)31-29(32-26)36-20-21-11-10-16-24(18-21)28(35)33-27(22-12-6-4-7-13-22)23-14-8-5-9-15-23/h4-16,18-19,27H,3,17,20H2,1-2H3,(H,33,35). The lowest BCUT2D eigenvalue weighted by Gasteiger charge is -2.20. The highest BCUT2D eigenvalue weighted by Gasteiger charge is 2.18. The van der Waals surface area contributed by atoms with Crippen LogP contribution in [-0.4, -0.2) is 29.5 Å². The van der Waals surface area contributed by atoms with E-state index in [4.69, 9.17) is 11.6 Å². The van der Waals surface area contributed by atoms with Gasteiger partial charge in [-0.1, -0.05) is 103 Å². The van der Waals surface area contributed by atoms with Gasteiger partial charge in [0.25, 0.3) is 5.91 Å². The maximum absolute atomic E-state index is 13.3. The second-order valence-corrected chi connectivity index (χ2v) is 9.80. The summed E-state index contributed by atoms with van der Waals surface area (Å²) in [5, 5.41) is 4.25. The van der Waals surface area contributed by atoms with Crippen LogP contribution in [0.3, 0.4) is 0 Å². The molecule has 1 N–H and O–H groups in total. The van der Waals surface area contributed by atoms with Gasteiger partial charge in [0, 0.05) is 31.0 Å². The number of carbonyl (C=O) groups is 1. The third-order valence-electron chi connectivity index (χ3n) is 5.71. The molecule has 1 heterocycles. The summed E-state index contributed by atoms with van der Waals surface area (Å²) in [7, 11) is 2.00. The van der Waals surface area contributed by atoms with Gasteiger partial charge in [-0.05, 0) is 35.2 Å². The highest BCUT2D eigenvalue weighted by atomic mass is 35.5. The summed E-state index contributed by atoms with van der Waals surface area (Å²) in [5.74, 6) is 1.31. The van der Waals surface area contributed by atoms with Crippen LogP contribution in [-0.2, 0) is 5.75 Å². The molecule has 4 aromatic rings. The Hall–Kier alpha value is -3.35. The van der Waals surface area contributed by atoms with Crippen LogP contribution < -0.4 is 10.2 Å². The molecule has 1 amide bonds. The Kier molecular flexibility index (Phi) is 8.98. The summed E-state index contributed by atoms with van der Waals surface area (Å²) in [5.41, 5.74) is 3.69. The number of hydrogen-bond donors (Lipinski definition) is 1. The van der Waals surface area contributed by atoms with Crippen LogP contribution in [0.1, 0.15) is 46.4 Å². The monoisotopic (exact) mass is 516 g/mol. The zero-order valence-corrected chi connectivity index (χ0v) is 22.0. The van der Waals surface area contributed by atoms with Crippen molar-refractivity contribution in [2.24, 2.45) is 0 Å². The molecule has 0 aliphatic carbocycles. The van der Waals surface area contributed by atoms with Crippen molar-refractivity contribution >= 4 is 35.1 Å². The molecule has 0 saturated carbocycles. The number of nitrogens with zero attached hydrogens (tertiary/aromatic N) is 3. The number of thioether (sulfide) groups is 1. The van der Waals surface area contributed by atoms with Gasteiger partial charge >= 0.3 is 0 Å². The molecule has 0 fully saturated rings. The minimum absolute atomic E-state index is 0.123. The van der Waals surface area contributed by atoms with Gasteiger partial charge in [0.05, 0.1) is 6.04 Å². The number of benzene rings is 3. The first-order valence-electron chi connectivity index (χ1n) is 11.9. The SMILES string of the molecule is CCCN(C)c1cc(Cl)nc(SCc2cccc(C(=O)NC(c3ccccc3)c3ccccc3)c2)n1. The van der Waals surface area contributed by atoms with Gasteiger partial charge in [0.2, 0.25) is 0 Å². The number of aromatic nitrogens is 2. The van der Waals surface area contributed by atoms with Crippen molar-refractivity contribution in [2.45, 2.75) is 30.3 Å². The second kappa shape index (κ2) is 12.6. The van der Waals surface area contributed by atoms with Crippen LogP contribution in [0.4, 0.5) is 5.82 Å². The third kappa shape index (κ3) is 6.86. The number of halogens is 1. The topological polar surface area (TPSA) is 58.1 Å². The highest BCUT2D eigenvalue weighted by molar-refractivity contribution is 7.98. The number of hydrogen-bond acceptors (Lipinski definition) is 5. The van der Waals surface area contributed by atoms with Crippen LogP contribution in [0, 0.1) is 0 Å². The molecule has 184 valence electrons. The van der Waals surface area contributed by atoms with Gasteiger partial charge < -0.3 is 10.2 Å². The Labute approximate surface area is 221 Å². The Bertz CT molecular complexity index is 1250. The fourth-order valence-electron chi connectivity index (χ4n) is 3.91. The molecule has 3 aromatic carbocycles. The maximum atomic E-state index is 13.3. The normalized spacial score (nSPS) is 10.9. The van der Waals surface area contributed by atoms with Gasteiger partial charge in [-0.3, -0.25) is 4.79 Å². The third-order valence-corrected chi connectivity index (χ3v) is 6.82. The first-order valence-corrected chi connectivity index (χ1v) is 13.3. The summed E-state index contributed by atoms with van der Waals surface area (Å²) < 4.78 is 0. The smallest absolute Gasteiger partial charge is 0.252 e. The highest BCUT2D eigenvalue weighted by Crippen LogP contribution is 2.26. The zero-order valence-electron chi connectivity index (χ0n) is 20.4. The van der Waals surface area contributed by atoms with E-state index in [1.165, 1.54) is 11.8 Å². The largest absolute Gasteiger partial charge is 0.360 e. The molecule has 0 saturated heterocycles. The van der Waals surface area contributed by atoms with Crippen LogP contribution in [0.2, 0.25) is 5.15 Å². The quantitative estimate of drug-likeness (QED) is 0.143. The molecular weight excluding hydrogens is 488 g/mol. The van der Waals surface area contributed by atoms with Gasteiger partial charge in [0.15, 0.2) is 5.16 Å². The van der Waals surface area contributed by atoms with Crippen molar-refractivity contribution in [3.8, 4) is 0 Å². The van der Waals surface area contributed by atoms with Crippen molar-refractivity contribution < 1.29 is 4.79 Å². The van der Waals surface area contributed by atoms with E-state index >= 15 is 0 Å². The number of carbonyl (C=O) groups excluding carboxylic acids is 1. The molecule has 0 radical (unpaired) electrons. The van der Waals surface area contributed by atoms with E-state index in [0.29, 0.717) is 21.6 Å². The molecule has 0 bridgehead atoms. The molecule has 0 unspecified atom stereocenters. The summed E-state index contributed by atoms with van der Waals surface area (Å²) in [6.07, 6.45) is 1.02. The fraction of sp³-hybridized carbons (Fsp3) is 0.207. The van der Waals surface area contributed by atoms with Crippen LogP contribution >= 0.6 is 23.4 Å². The first kappa shape index (κ1) is 25.7. The van der Waals surface area contributed by atoms with Crippen molar-refractivity contribution in [2.75, 3.05) is 18.5 Å². The molecule has 0 aliphatic rings. The lowest BCUT2D eigenvalue weighted by atomic mass is 9.98. The Morgan fingerprint density at radius 2 is 1.61 bits per heavy atom. The average Bonchev–Trinajstić information content (AvgIpc) is 2.91. The minimum Gasteiger partial charge on any atom is -0.360 e. The van der Waals surface area contributed by atoms with E-state index < -0.39 is 0 Å². The van der Waals surface area contributed by atoms with Crippen LogP contribution in [0.15, 0.2) is 96.2 Å². The summed E-state index contributed by atoms with van der Waals surface area (Å²) in [4.78, 5) is 24.4. The van der Waals surface area contributed by atoms with Gasteiger partial charge in [-0.2, -0.15) is 0 Å². The molecule has 4 rings (SSSR count).